The van der Waals surface area contributed by atoms with Gasteiger partial charge < -0.3 is 15.0 Å². The summed E-state index contributed by atoms with van der Waals surface area (Å²) >= 11 is 12.5. The Hall–Kier alpha value is -3.68. The van der Waals surface area contributed by atoms with Crippen LogP contribution in [-0.4, -0.2) is 16.8 Å². The molecule has 5 aromatic rings. The van der Waals surface area contributed by atoms with Crippen molar-refractivity contribution in [3.05, 3.63) is 100 Å². The number of nitrogens with zero attached hydrogens (tertiary/aromatic N) is 1. The highest BCUT2D eigenvalue weighted by molar-refractivity contribution is 6.36. The minimum absolute atomic E-state index is 0.197. The van der Waals surface area contributed by atoms with Crippen molar-refractivity contribution in [2.24, 2.45) is 5.73 Å². The van der Waals surface area contributed by atoms with Gasteiger partial charge in [-0.1, -0.05) is 47.5 Å². The van der Waals surface area contributed by atoms with Crippen LogP contribution in [0.2, 0.25) is 10.0 Å². The zero-order chi connectivity index (χ0) is 25.6. The number of aromatic nitrogens is 1. The smallest absolute Gasteiger partial charge is 0.406 e. The quantitative estimate of drug-likeness (QED) is 0.255. The van der Waals surface area contributed by atoms with Gasteiger partial charge >= 0.3 is 6.36 Å². The molecule has 1 amide bonds. The van der Waals surface area contributed by atoms with Gasteiger partial charge in [0.05, 0.1) is 11.0 Å². The molecule has 181 valence electrons. The van der Waals surface area contributed by atoms with Crippen LogP contribution >= 0.6 is 23.2 Å². The molecule has 0 saturated heterocycles. The Kier molecular flexibility index (Phi) is 6.06. The predicted octanol–water partition coefficient (Wildman–Crippen LogP) is 7.61. The van der Waals surface area contributed by atoms with E-state index in [1.54, 1.807) is 42.5 Å². The lowest BCUT2D eigenvalue weighted by atomic mass is 10.0. The summed E-state index contributed by atoms with van der Waals surface area (Å²) < 4.78 is 44.2. The summed E-state index contributed by atoms with van der Waals surface area (Å²) in [7, 11) is 0. The molecular weight excluding hydrogens is 512 g/mol. The van der Waals surface area contributed by atoms with Gasteiger partial charge in [-0.05, 0) is 65.7 Å². The number of nitrogens with two attached hydrogens (primary N) is 1. The maximum absolute atomic E-state index is 12.8. The third kappa shape index (κ3) is 4.59. The van der Waals surface area contributed by atoms with Crippen LogP contribution in [0.15, 0.2) is 72.8 Å². The normalized spacial score (nSPS) is 11.8. The number of amides is 1. The van der Waals surface area contributed by atoms with E-state index in [1.807, 2.05) is 16.7 Å². The van der Waals surface area contributed by atoms with Gasteiger partial charge in [0.2, 0.25) is 5.91 Å². The Morgan fingerprint density at radius 3 is 2.50 bits per heavy atom. The number of rotatable bonds is 5. The Labute approximate surface area is 213 Å². The topological polar surface area (TPSA) is 57.2 Å². The van der Waals surface area contributed by atoms with Crippen molar-refractivity contribution in [2.45, 2.75) is 12.9 Å². The van der Waals surface area contributed by atoms with Crippen LogP contribution < -0.4 is 10.5 Å². The molecule has 5 rings (SSSR count). The van der Waals surface area contributed by atoms with Crippen LogP contribution in [-0.2, 0) is 6.54 Å². The third-order valence-electron chi connectivity index (χ3n) is 5.77. The fourth-order valence-corrected chi connectivity index (χ4v) is 4.85. The summed E-state index contributed by atoms with van der Waals surface area (Å²) in [6.07, 6.45) is -4.80. The van der Waals surface area contributed by atoms with Crippen LogP contribution in [0.25, 0.3) is 32.9 Å². The van der Waals surface area contributed by atoms with Crippen molar-refractivity contribution in [3.8, 4) is 16.9 Å². The highest BCUT2D eigenvalue weighted by atomic mass is 35.5. The monoisotopic (exact) mass is 527 g/mol. The van der Waals surface area contributed by atoms with Gasteiger partial charge in [0.25, 0.3) is 0 Å². The zero-order valence-corrected chi connectivity index (χ0v) is 19.9. The molecule has 1 radical (unpaired) electrons. The van der Waals surface area contributed by atoms with E-state index < -0.39 is 12.3 Å². The van der Waals surface area contributed by atoms with E-state index in [0.717, 1.165) is 11.1 Å². The predicted molar refractivity (Wildman–Crippen MR) is 134 cm³/mol. The SMILES string of the molecule is NC(=O)c1cccc2c1c1[c]cc(-c3ccc(Cl)cc3Cl)cc1n2Cc1cccc(OC(F)(F)F)c1. The van der Waals surface area contributed by atoms with Gasteiger partial charge in [0.15, 0.2) is 0 Å². The van der Waals surface area contributed by atoms with E-state index in [1.165, 1.54) is 18.2 Å². The highest BCUT2D eigenvalue weighted by Crippen LogP contribution is 2.37. The number of alkyl halides is 3. The first-order chi connectivity index (χ1) is 17.1. The van der Waals surface area contributed by atoms with Gasteiger partial charge in [-0.2, -0.15) is 0 Å². The van der Waals surface area contributed by atoms with E-state index >= 15 is 0 Å². The fourth-order valence-electron chi connectivity index (χ4n) is 4.33. The minimum Gasteiger partial charge on any atom is -0.406 e. The summed E-state index contributed by atoms with van der Waals surface area (Å²) in [4.78, 5) is 12.2. The number of hydrogen-bond acceptors (Lipinski definition) is 2. The first-order valence-electron chi connectivity index (χ1n) is 10.7. The Morgan fingerprint density at radius 1 is 1.00 bits per heavy atom. The molecule has 0 bridgehead atoms. The van der Waals surface area contributed by atoms with Gasteiger partial charge in [0, 0.05) is 38.5 Å². The fraction of sp³-hybridized carbons (Fsp3) is 0.0741. The summed E-state index contributed by atoms with van der Waals surface area (Å²) in [6.45, 7) is 0.197. The molecule has 2 N–H and O–H groups in total. The van der Waals surface area contributed by atoms with Crippen LogP contribution in [0.4, 0.5) is 13.2 Å². The Morgan fingerprint density at radius 2 is 1.78 bits per heavy atom. The van der Waals surface area contributed by atoms with Gasteiger partial charge in [-0.15, -0.1) is 13.2 Å². The molecule has 0 aliphatic heterocycles. The highest BCUT2D eigenvalue weighted by Gasteiger charge is 2.31. The average Bonchev–Trinajstić information content (AvgIpc) is 3.11. The lowest BCUT2D eigenvalue weighted by Crippen LogP contribution is -2.17. The average molecular weight is 528 g/mol. The molecule has 9 heteroatoms. The van der Waals surface area contributed by atoms with E-state index in [0.29, 0.717) is 43.0 Å². The summed E-state index contributed by atoms with van der Waals surface area (Å²) in [5.41, 5.74) is 9.39. The molecule has 4 aromatic carbocycles. The van der Waals surface area contributed by atoms with Crippen LogP contribution in [0.5, 0.6) is 5.75 Å². The summed E-state index contributed by atoms with van der Waals surface area (Å²) in [6, 6.07) is 23.0. The number of ether oxygens (including phenoxy) is 1. The van der Waals surface area contributed by atoms with Crippen molar-refractivity contribution in [1.29, 1.82) is 0 Å². The van der Waals surface area contributed by atoms with E-state index in [4.69, 9.17) is 28.9 Å². The maximum atomic E-state index is 12.8. The second kappa shape index (κ2) is 9.08. The number of fused-ring (bicyclic) bond motifs is 3. The van der Waals surface area contributed by atoms with Crippen LogP contribution in [0.3, 0.4) is 0 Å². The van der Waals surface area contributed by atoms with Crippen molar-refractivity contribution in [3.63, 3.8) is 0 Å². The third-order valence-corrected chi connectivity index (χ3v) is 6.32. The molecule has 0 spiro atoms. The molecule has 0 aliphatic rings. The molecule has 1 heterocycles. The largest absolute Gasteiger partial charge is 0.573 e. The summed E-state index contributed by atoms with van der Waals surface area (Å²) in [5.74, 6) is -0.919. The lowest BCUT2D eigenvalue weighted by molar-refractivity contribution is -0.274. The Bertz CT molecular complexity index is 1640. The van der Waals surface area contributed by atoms with Crippen molar-refractivity contribution >= 4 is 50.9 Å². The first-order valence-corrected chi connectivity index (χ1v) is 11.4. The van der Waals surface area contributed by atoms with E-state index in [9.17, 15) is 18.0 Å². The summed E-state index contributed by atoms with van der Waals surface area (Å²) in [5, 5.41) is 2.20. The molecule has 36 heavy (non-hydrogen) atoms. The van der Waals surface area contributed by atoms with Crippen LogP contribution in [0, 0.1) is 6.07 Å². The van der Waals surface area contributed by atoms with E-state index in [2.05, 4.69) is 10.8 Å². The molecule has 0 aliphatic carbocycles. The number of carbonyl (C=O) groups is 1. The van der Waals surface area contributed by atoms with Gasteiger partial charge in [0.1, 0.15) is 5.75 Å². The number of carbonyl (C=O) groups excluding carboxylic acids is 1. The molecule has 4 nitrogen and oxygen atoms in total. The standard InChI is InChI=1S/C27H16Cl2F3N2O2/c28-17-8-10-19(22(29)13-17)16-7-9-20-24(12-16)34(23-6-2-5-21(25(20)23)26(33)35)14-15-3-1-4-18(11-15)36-27(30,31)32/h1-8,10-13H,14H2,(H2,33,35). The van der Waals surface area contributed by atoms with Crippen molar-refractivity contribution in [1.82, 2.24) is 4.57 Å². The second-order valence-corrected chi connectivity index (χ2v) is 8.96. The first kappa shape index (κ1) is 24.0. The molecule has 0 saturated carbocycles. The van der Waals surface area contributed by atoms with Gasteiger partial charge in [-0.3, -0.25) is 4.79 Å². The minimum atomic E-state index is -4.80. The van der Waals surface area contributed by atoms with Crippen molar-refractivity contribution < 1.29 is 22.7 Å². The maximum Gasteiger partial charge on any atom is 0.573 e. The second-order valence-electron chi connectivity index (χ2n) is 8.12. The Balaban J connectivity index is 1.72. The zero-order valence-electron chi connectivity index (χ0n) is 18.4. The van der Waals surface area contributed by atoms with Crippen LogP contribution in [0.1, 0.15) is 15.9 Å². The molecule has 1 aromatic heterocycles. The molecule has 0 atom stereocenters. The number of primary amides is 1. The van der Waals surface area contributed by atoms with Crippen molar-refractivity contribution in [2.75, 3.05) is 0 Å². The number of hydrogen-bond donors (Lipinski definition) is 1. The van der Waals surface area contributed by atoms with Gasteiger partial charge in [-0.25, -0.2) is 0 Å². The lowest BCUT2D eigenvalue weighted by Gasteiger charge is -2.12. The van der Waals surface area contributed by atoms with E-state index in [-0.39, 0.29) is 12.3 Å². The molecular formula is C27H16Cl2F3N2O2. The number of benzene rings is 4. The molecule has 0 unspecified atom stereocenters. The molecule has 0 fully saturated rings. The number of halogens is 5.